The maximum absolute atomic E-state index is 14.3. The van der Waals surface area contributed by atoms with E-state index < -0.39 is 0 Å². The Labute approximate surface area is 136 Å². The number of benzene rings is 1. The van der Waals surface area contributed by atoms with Crippen molar-refractivity contribution in [2.45, 2.75) is 26.3 Å². The summed E-state index contributed by atoms with van der Waals surface area (Å²) in [5.41, 5.74) is 0.588. The number of aryl methyl sites for hydroxylation is 1. The van der Waals surface area contributed by atoms with Gasteiger partial charge in [-0.15, -0.1) is 11.3 Å². The maximum atomic E-state index is 14.3. The predicted octanol–water partition coefficient (Wildman–Crippen LogP) is 5.56. The van der Waals surface area contributed by atoms with Crippen molar-refractivity contribution < 1.29 is 4.39 Å². The molecule has 0 saturated heterocycles. The highest BCUT2D eigenvalue weighted by Crippen LogP contribution is 2.34. The highest BCUT2D eigenvalue weighted by atomic mass is 79.9. The van der Waals surface area contributed by atoms with Gasteiger partial charge < -0.3 is 5.32 Å². The van der Waals surface area contributed by atoms with Crippen LogP contribution in [0.25, 0.3) is 0 Å². The first-order valence-electron chi connectivity index (χ1n) is 6.53. The first-order valence-corrected chi connectivity index (χ1v) is 8.52. The third-order valence-electron chi connectivity index (χ3n) is 3.07. The van der Waals surface area contributed by atoms with Gasteiger partial charge in [-0.3, -0.25) is 0 Å². The molecule has 0 aliphatic heterocycles. The van der Waals surface area contributed by atoms with Crippen molar-refractivity contribution in [3.63, 3.8) is 0 Å². The van der Waals surface area contributed by atoms with Crippen LogP contribution in [0.15, 0.2) is 28.7 Å². The Morgan fingerprint density at radius 1 is 1.35 bits per heavy atom. The quantitative estimate of drug-likeness (QED) is 0.673. The van der Waals surface area contributed by atoms with Crippen molar-refractivity contribution in [3.05, 3.63) is 54.9 Å². The van der Waals surface area contributed by atoms with Gasteiger partial charge in [0, 0.05) is 19.8 Å². The van der Waals surface area contributed by atoms with Crippen LogP contribution >= 0.6 is 38.9 Å². The Kier molecular flexibility index (Phi) is 5.61. The number of thiophene rings is 1. The van der Waals surface area contributed by atoms with Gasteiger partial charge in [0.2, 0.25) is 0 Å². The van der Waals surface area contributed by atoms with Crippen molar-refractivity contribution in [2.24, 2.45) is 0 Å². The largest absolute Gasteiger partial charge is 0.306 e. The van der Waals surface area contributed by atoms with Crippen molar-refractivity contribution >= 4 is 38.9 Å². The zero-order valence-corrected chi connectivity index (χ0v) is 14.5. The molecule has 0 aliphatic rings. The summed E-state index contributed by atoms with van der Waals surface area (Å²) in [5.74, 6) is -0.251. The number of hydrogen-bond donors (Lipinski definition) is 1. The third-order valence-corrected chi connectivity index (χ3v) is 5.57. The van der Waals surface area contributed by atoms with E-state index >= 15 is 0 Å². The molecule has 0 aliphatic carbocycles. The third kappa shape index (κ3) is 3.42. The van der Waals surface area contributed by atoms with E-state index in [2.05, 4.69) is 40.3 Å². The van der Waals surface area contributed by atoms with Gasteiger partial charge >= 0.3 is 0 Å². The monoisotopic (exact) mass is 375 g/mol. The molecular weight excluding hydrogens is 361 g/mol. The van der Waals surface area contributed by atoms with E-state index in [-0.39, 0.29) is 11.9 Å². The summed E-state index contributed by atoms with van der Waals surface area (Å²) < 4.78 is 14.8. The van der Waals surface area contributed by atoms with Gasteiger partial charge in [-0.2, -0.15) is 0 Å². The van der Waals surface area contributed by atoms with Crippen LogP contribution in [0.5, 0.6) is 0 Å². The molecule has 1 nitrogen and oxygen atoms in total. The molecule has 1 heterocycles. The summed E-state index contributed by atoms with van der Waals surface area (Å²) in [6.45, 7) is 4.89. The molecular formula is C15H16BrClFNS. The molecule has 108 valence electrons. The standard InChI is InChI=1S/C15H16BrClFNS/c1-3-9-5-6-14(20-9)15(19-4-2)10-7-12(17)11(16)8-13(10)18/h5-8,15,19H,3-4H2,1-2H3. The fraction of sp³-hybridized carbons (Fsp3) is 0.333. The molecule has 1 N–H and O–H groups in total. The second kappa shape index (κ2) is 7.03. The van der Waals surface area contributed by atoms with Gasteiger partial charge in [-0.25, -0.2) is 4.39 Å². The van der Waals surface area contributed by atoms with E-state index in [0.717, 1.165) is 17.8 Å². The van der Waals surface area contributed by atoms with E-state index in [9.17, 15) is 4.39 Å². The van der Waals surface area contributed by atoms with E-state index in [1.54, 1.807) is 17.4 Å². The highest BCUT2D eigenvalue weighted by molar-refractivity contribution is 9.10. The first kappa shape index (κ1) is 16.0. The normalized spacial score (nSPS) is 12.7. The molecule has 1 aromatic carbocycles. The maximum Gasteiger partial charge on any atom is 0.129 e. The molecule has 0 bridgehead atoms. The van der Waals surface area contributed by atoms with Gasteiger partial charge in [-0.1, -0.05) is 25.4 Å². The Morgan fingerprint density at radius 3 is 2.70 bits per heavy atom. The van der Waals surface area contributed by atoms with Gasteiger partial charge in [0.1, 0.15) is 5.82 Å². The van der Waals surface area contributed by atoms with E-state index in [1.807, 2.05) is 6.92 Å². The van der Waals surface area contributed by atoms with Crippen LogP contribution in [0.3, 0.4) is 0 Å². The number of hydrogen-bond acceptors (Lipinski definition) is 2. The molecule has 1 unspecified atom stereocenters. The number of halogens is 3. The predicted molar refractivity (Wildman–Crippen MR) is 88.3 cm³/mol. The van der Waals surface area contributed by atoms with Crippen molar-refractivity contribution in [1.82, 2.24) is 5.32 Å². The lowest BCUT2D eigenvalue weighted by molar-refractivity contribution is 0.562. The molecule has 1 aromatic heterocycles. The number of rotatable bonds is 5. The van der Waals surface area contributed by atoms with Gasteiger partial charge in [0.05, 0.1) is 11.1 Å². The summed E-state index contributed by atoms with van der Waals surface area (Å²) in [7, 11) is 0. The average Bonchev–Trinajstić information content (AvgIpc) is 2.89. The topological polar surface area (TPSA) is 12.0 Å². The molecule has 1 atom stereocenters. The molecule has 0 saturated carbocycles. The molecule has 0 amide bonds. The van der Waals surface area contributed by atoms with Crippen LogP contribution in [0.1, 0.15) is 35.2 Å². The summed E-state index contributed by atoms with van der Waals surface area (Å²) >= 11 is 11.1. The molecule has 0 radical (unpaired) electrons. The first-order chi connectivity index (χ1) is 9.56. The molecule has 0 spiro atoms. The van der Waals surface area contributed by atoms with Crippen LogP contribution in [0.2, 0.25) is 5.02 Å². The van der Waals surface area contributed by atoms with Crippen molar-refractivity contribution in [2.75, 3.05) is 6.54 Å². The van der Waals surface area contributed by atoms with E-state index in [0.29, 0.717) is 15.1 Å². The number of nitrogens with one attached hydrogen (secondary N) is 1. The molecule has 5 heteroatoms. The van der Waals surface area contributed by atoms with Gasteiger partial charge in [-0.05, 0) is 53.2 Å². The summed E-state index contributed by atoms with van der Waals surface area (Å²) in [5, 5.41) is 3.86. The van der Waals surface area contributed by atoms with Crippen LogP contribution < -0.4 is 5.32 Å². The van der Waals surface area contributed by atoms with Gasteiger partial charge in [0.25, 0.3) is 0 Å². The smallest absolute Gasteiger partial charge is 0.129 e. The summed E-state index contributed by atoms with van der Waals surface area (Å²) in [4.78, 5) is 2.41. The molecule has 2 aromatic rings. The van der Waals surface area contributed by atoms with Crippen molar-refractivity contribution in [1.29, 1.82) is 0 Å². The van der Waals surface area contributed by atoms with Crippen molar-refractivity contribution in [3.8, 4) is 0 Å². The Hall–Kier alpha value is -0.420. The zero-order valence-electron chi connectivity index (χ0n) is 11.3. The second-order valence-electron chi connectivity index (χ2n) is 4.44. The lowest BCUT2D eigenvalue weighted by Crippen LogP contribution is -2.22. The second-order valence-corrected chi connectivity index (χ2v) is 6.90. The van der Waals surface area contributed by atoms with E-state index in [4.69, 9.17) is 11.6 Å². The highest BCUT2D eigenvalue weighted by Gasteiger charge is 2.20. The van der Waals surface area contributed by atoms with Gasteiger partial charge in [0.15, 0.2) is 0 Å². The minimum atomic E-state index is -0.251. The van der Waals surface area contributed by atoms with Crippen LogP contribution in [-0.4, -0.2) is 6.54 Å². The summed E-state index contributed by atoms with van der Waals surface area (Å²) in [6, 6.07) is 7.13. The fourth-order valence-corrected chi connectivity index (χ4v) is 3.60. The zero-order chi connectivity index (χ0) is 14.7. The van der Waals surface area contributed by atoms with Crippen LogP contribution in [0, 0.1) is 5.82 Å². The Morgan fingerprint density at radius 2 is 2.10 bits per heavy atom. The average molecular weight is 377 g/mol. The van der Waals surface area contributed by atoms with Crippen LogP contribution in [-0.2, 0) is 6.42 Å². The molecule has 0 fully saturated rings. The van der Waals surface area contributed by atoms with Crippen LogP contribution in [0.4, 0.5) is 4.39 Å². The Balaban J connectivity index is 2.45. The van der Waals surface area contributed by atoms with E-state index in [1.165, 1.54) is 10.9 Å². The fourth-order valence-electron chi connectivity index (χ4n) is 2.07. The minimum absolute atomic E-state index is 0.157. The summed E-state index contributed by atoms with van der Waals surface area (Å²) in [6.07, 6.45) is 0.993. The SMILES string of the molecule is CCNC(c1ccc(CC)s1)c1cc(Cl)c(Br)cc1F. The molecule has 2 rings (SSSR count). The molecule has 20 heavy (non-hydrogen) atoms. The lowest BCUT2D eigenvalue weighted by Gasteiger charge is -2.18. The lowest BCUT2D eigenvalue weighted by atomic mass is 10.0. The Bertz CT molecular complexity index is 600. The minimum Gasteiger partial charge on any atom is -0.306 e.